The van der Waals surface area contributed by atoms with E-state index < -0.39 is 11.7 Å². The average molecular weight is 317 g/mol. The highest BCUT2D eigenvalue weighted by Crippen LogP contribution is 2.24. The van der Waals surface area contributed by atoms with Crippen molar-refractivity contribution in [1.29, 1.82) is 0 Å². The first kappa shape index (κ1) is 14.1. The Morgan fingerprint density at radius 1 is 1.14 bits per heavy atom. The molecule has 0 unspecified atom stereocenters. The Kier molecular flexibility index (Phi) is 3.30. The van der Waals surface area contributed by atoms with E-state index in [9.17, 15) is 20.0 Å². The Labute approximate surface area is 129 Å². The van der Waals surface area contributed by atoms with Crippen molar-refractivity contribution in [2.45, 2.75) is 0 Å². The number of rotatable bonds is 2. The molecule has 0 atom stereocenters. The zero-order chi connectivity index (χ0) is 15.9. The van der Waals surface area contributed by atoms with Gasteiger partial charge in [-0.05, 0) is 30.3 Å². The summed E-state index contributed by atoms with van der Waals surface area (Å²) >= 11 is 5.80. The van der Waals surface area contributed by atoms with Gasteiger partial charge in [-0.3, -0.25) is 0 Å². The topological polar surface area (TPSA) is 88.3 Å². The van der Waals surface area contributed by atoms with Crippen molar-refractivity contribution in [3.05, 3.63) is 69.4 Å². The summed E-state index contributed by atoms with van der Waals surface area (Å²) in [6.07, 6.45) is 0. The van der Waals surface area contributed by atoms with Crippen LogP contribution < -0.4 is 4.43 Å². The lowest BCUT2D eigenvalue weighted by Gasteiger charge is -2.16. The van der Waals surface area contributed by atoms with Crippen LogP contribution in [0.1, 0.15) is 10.5 Å². The van der Waals surface area contributed by atoms with E-state index in [2.05, 4.69) is 0 Å². The number of benzene rings is 2. The fraction of sp³-hybridized carbons (Fsp3) is 0. The maximum absolute atomic E-state index is 12.6. The SMILES string of the molecule is O=C(O)c1c(-c2ccc(Cl)cc2)[n+](=O)c2ccccc2n1[O-]. The van der Waals surface area contributed by atoms with Gasteiger partial charge in [-0.15, -0.1) is 0 Å². The fourth-order valence-electron chi connectivity index (χ4n) is 2.29. The van der Waals surface area contributed by atoms with E-state index >= 15 is 0 Å². The Bertz CT molecular complexity index is 948. The lowest BCUT2D eigenvalue weighted by Crippen LogP contribution is -2.27. The van der Waals surface area contributed by atoms with Gasteiger partial charge in [-0.1, -0.05) is 23.7 Å². The second-order valence-corrected chi connectivity index (χ2v) is 5.02. The number of hydrogen-bond donors (Lipinski definition) is 1. The number of carboxylic acid groups (broad SMARTS) is 1. The van der Waals surface area contributed by atoms with Gasteiger partial charge in [0.15, 0.2) is 0 Å². The normalized spacial score (nSPS) is 10.8. The van der Waals surface area contributed by atoms with Crippen LogP contribution in [0.3, 0.4) is 0 Å². The van der Waals surface area contributed by atoms with E-state index in [-0.39, 0.29) is 21.5 Å². The predicted octanol–water partition coefficient (Wildman–Crippen LogP) is 2.92. The maximum Gasteiger partial charge on any atom is 0.359 e. The lowest BCUT2D eigenvalue weighted by molar-refractivity contribution is -0.452. The number of hydrogen-bond acceptors (Lipinski definition) is 3. The first-order chi connectivity index (χ1) is 10.5. The summed E-state index contributed by atoms with van der Waals surface area (Å²) in [6, 6.07) is 12.0. The maximum atomic E-state index is 12.6. The molecule has 0 saturated heterocycles. The molecule has 3 rings (SSSR count). The van der Waals surface area contributed by atoms with E-state index in [1.165, 1.54) is 36.4 Å². The monoisotopic (exact) mass is 316 g/mol. The van der Waals surface area contributed by atoms with Crippen molar-refractivity contribution in [2.75, 3.05) is 0 Å². The van der Waals surface area contributed by atoms with Crippen molar-refractivity contribution in [3.8, 4) is 11.3 Å². The number of aromatic nitrogens is 2. The minimum Gasteiger partial charge on any atom is -0.805 e. The lowest BCUT2D eigenvalue weighted by atomic mass is 10.1. The third-order valence-corrected chi connectivity index (χ3v) is 3.52. The summed E-state index contributed by atoms with van der Waals surface area (Å²) < 4.78 is 0.715. The van der Waals surface area contributed by atoms with Crippen molar-refractivity contribution >= 4 is 28.6 Å². The van der Waals surface area contributed by atoms with Crippen molar-refractivity contribution < 1.29 is 14.3 Å². The number of carbonyl (C=O) groups is 1. The molecule has 0 radical (unpaired) electrons. The van der Waals surface area contributed by atoms with Gasteiger partial charge in [0.1, 0.15) is 5.52 Å². The summed E-state index contributed by atoms with van der Waals surface area (Å²) in [5, 5.41) is 22.1. The molecule has 0 fully saturated rings. The standard InChI is InChI=1S/C15H9ClN2O4/c16-10-7-5-9(6-8-10)13-14(15(19)20)18(22)12-4-2-1-3-11(12)17(13)21/h1-8H,(H,19,20). The molecule has 2 aromatic carbocycles. The van der Waals surface area contributed by atoms with E-state index in [4.69, 9.17) is 11.6 Å². The number of fused-ring (bicyclic) bond motifs is 1. The van der Waals surface area contributed by atoms with Crippen LogP contribution in [-0.4, -0.2) is 15.8 Å². The highest BCUT2D eigenvalue weighted by molar-refractivity contribution is 6.30. The summed E-state index contributed by atoms with van der Waals surface area (Å²) in [7, 11) is 0. The fourth-order valence-corrected chi connectivity index (χ4v) is 2.42. The van der Waals surface area contributed by atoms with Crippen LogP contribution in [0.15, 0.2) is 48.5 Å². The van der Waals surface area contributed by atoms with Crippen LogP contribution >= 0.6 is 11.6 Å². The van der Waals surface area contributed by atoms with E-state index in [0.29, 0.717) is 15.0 Å². The number of halogens is 1. The molecule has 110 valence electrons. The minimum atomic E-state index is -1.48. The molecule has 1 aromatic heterocycles. The third kappa shape index (κ3) is 2.10. The highest BCUT2D eigenvalue weighted by Gasteiger charge is 2.28. The van der Waals surface area contributed by atoms with Gasteiger partial charge in [0.05, 0.1) is 9.99 Å². The Balaban J connectivity index is 2.49. The molecular formula is C15H9ClN2O4. The summed E-state index contributed by atoms with van der Waals surface area (Å²) in [5.41, 5.74) is -0.471. The first-order valence-electron chi connectivity index (χ1n) is 6.28. The molecule has 0 aliphatic rings. The average Bonchev–Trinajstić information content (AvgIpc) is 2.51. The Hall–Kier alpha value is -2.86. The largest absolute Gasteiger partial charge is 0.805 e. The summed E-state index contributed by atoms with van der Waals surface area (Å²) in [5.74, 6) is -1.48. The molecule has 22 heavy (non-hydrogen) atoms. The number of carboxylic acids is 1. The first-order valence-corrected chi connectivity index (χ1v) is 6.65. The number of aromatic carboxylic acids is 1. The van der Waals surface area contributed by atoms with Crippen LogP contribution in [-0.2, 0) is 0 Å². The van der Waals surface area contributed by atoms with Gasteiger partial charge in [0.2, 0.25) is 5.69 Å². The highest BCUT2D eigenvalue weighted by atomic mass is 35.5. The molecule has 7 heteroatoms. The van der Waals surface area contributed by atoms with Crippen LogP contribution in [0.5, 0.6) is 0 Å². The van der Waals surface area contributed by atoms with Gasteiger partial charge < -0.3 is 15.0 Å². The molecule has 3 aromatic rings. The molecule has 6 nitrogen and oxygen atoms in total. The quantitative estimate of drug-likeness (QED) is 0.736. The molecule has 0 saturated carbocycles. The summed E-state index contributed by atoms with van der Waals surface area (Å²) in [6.45, 7) is 0. The van der Waals surface area contributed by atoms with E-state index in [0.717, 1.165) is 0 Å². The number of nitrogens with zero attached hydrogens (tertiary/aromatic N) is 2. The Morgan fingerprint density at radius 3 is 2.41 bits per heavy atom. The van der Waals surface area contributed by atoms with Crippen molar-refractivity contribution in [2.24, 2.45) is 0 Å². The van der Waals surface area contributed by atoms with Crippen molar-refractivity contribution in [1.82, 2.24) is 4.73 Å². The van der Waals surface area contributed by atoms with Gasteiger partial charge in [0, 0.05) is 16.0 Å². The zero-order valence-corrected chi connectivity index (χ0v) is 11.8. The van der Waals surface area contributed by atoms with E-state index in [1.54, 1.807) is 12.1 Å². The third-order valence-electron chi connectivity index (χ3n) is 3.27. The molecule has 0 aliphatic carbocycles. The van der Waals surface area contributed by atoms with Gasteiger partial charge in [-0.2, -0.15) is 0 Å². The smallest absolute Gasteiger partial charge is 0.359 e. The van der Waals surface area contributed by atoms with Gasteiger partial charge in [-0.25, -0.2) is 4.79 Å². The van der Waals surface area contributed by atoms with Crippen LogP contribution in [0.4, 0.5) is 0 Å². The molecule has 0 aliphatic heterocycles. The molecular weight excluding hydrogens is 308 g/mol. The van der Waals surface area contributed by atoms with Crippen molar-refractivity contribution in [3.63, 3.8) is 0 Å². The van der Waals surface area contributed by atoms with Gasteiger partial charge >= 0.3 is 11.7 Å². The summed E-state index contributed by atoms with van der Waals surface area (Å²) in [4.78, 5) is 24.0. The molecule has 0 spiro atoms. The van der Waals surface area contributed by atoms with Crippen LogP contribution in [0.25, 0.3) is 22.3 Å². The second kappa shape index (κ2) is 5.16. The zero-order valence-electron chi connectivity index (χ0n) is 11.1. The number of para-hydroxylation sites is 2. The van der Waals surface area contributed by atoms with Crippen LogP contribution in [0, 0.1) is 10.1 Å². The predicted molar refractivity (Wildman–Crippen MR) is 81.5 cm³/mol. The molecule has 1 N–H and O–H groups in total. The molecule has 0 bridgehead atoms. The minimum absolute atomic E-state index is 0.00684. The van der Waals surface area contributed by atoms with Crippen LogP contribution in [0.2, 0.25) is 5.02 Å². The van der Waals surface area contributed by atoms with E-state index in [1.807, 2.05) is 0 Å². The molecule has 1 heterocycles. The van der Waals surface area contributed by atoms with Gasteiger partial charge in [0.25, 0.3) is 5.52 Å². The molecule has 0 amide bonds. The Morgan fingerprint density at radius 2 is 1.77 bits per heavy atom. The second-order valence-electron chi connectivity index (χ2n) is 4.59.